The molecule has 0 saturated carbocycles. The number of benzene rings is 1. The second-order valence-corrected chi connectivity index (χ2v) is 3.17. The lowest BCUT2D eigenvalue weighted by Crippen LogP contribution is -2.25. The van der Waals surface area contributed by atoms with Crippen molar-refractivity contribution >= 4 is 5.91 Å². The topological polar surface area (TPSA) is 59.0 Å². The average Bonchev–Trinajstić information content (AvgIpc) is 2.35. The summed E-state index contributed by atoms with van der Waals surface area (Å²) in [6, 6.07) is 4.84. The van der Waals surface area contributed by atoms with E-state index < -0.39 is 0 Å². The van der Waals surface area contributed by atoms with Crippen molar-refractivity contribution in [2.24, 2.45) is 0 Å². The van der Waals surface area contributed by atoms with Gasteiger partial charge < -0.3 is 9.84 Å². The largest absolute Gasteiger partial charge is 0.496 e. The fourth-order valence-electron chi connectivity index (χ4n) is 1.27. The molecule has 5 nitrogen and oxygen atoms in total. The van der Waals surface area contributed by atoms with Crippen LogP contribution in [-0.2, 0) is 11.4 Å². The van der Waals surface area contributed by atoms with Crippen LogP contribution in [-0.4, -0.2) is 37.3 Å². The Bertz CT molecular complexity index is 378. The minimum atomic E-state index is -0.273. The highest BCUT2D eigenvalue weighted by molar-refractivity contribution is 5.93. The summed E-state index contributed by atoms with van der Waals surface area (Å²) in [6.45, 7) is -0.127. The molecule has 0 unspecified atom stereocenters. The molecule has 0 fully saturated rings. The number of aliphatic hydroxyl groups is 1. The van der Waals surface area contributed by atoms with Gasteiger partial charge in [0.1, 0.15) is 5.75 Å². The first-order valence-corrected chi connectivity index (χ1v) is 4.74. The number of ether oxygens (including phenoxy) is 1. The number of nitrogens with zero attached hydrogens (tertiary/aromatic N) is 1. The van der Waals surface area contributed by atoms with E-state index in [1.54, 1.807) is 18.2 Å². The fourth-order valence-corrected chi connectivity index (χ4v) is 1.27. The molecule has 1 amide bonds. The molecule has 1 rings (SSSR count). The molecule has 88 valence electrons. The van der Waals surface area contributed by atoms with Gasteiger partial charge in [0, 0.05) is 18.2 Å². The van der Waals surface area contributed by atoms with Crippen molar-refractivity contribution in [1.82, 2.24) is 5.06 Å². The molecular weight excluding hydrogens is 210 g/mol. The molecule has 0 aromatic heterocycles. The standard InChI is InChI=1S/C11H15NO4/c1-12(16-3)11(14)8-4-5-9(7-13)10(6-8)15-2/h4-6,13H,7H2,1-3H3. The van der Waals surface area contributed by atoms with Crippen molar-refractivity contribution < 1.29 is 19.5 Å². The van der Waals surface area contributed by atoms with Crippen molar-refractivity contribution in [2.45, 2.75) is 6.61 Å². The van der Waals surface area contributed by atoms with E-state index in [2.05, 4.69) is 0 Å². The molecule has 0 radical (unpaired) electrons. The predicted molar refractivity (Wildman–Crippen MR) is 58.0 cm³/mol. The summed E-state index contributed by atoms with van der Waals surface area (Å²) in [5.74, 6) is 0.211. The van der Waals surface area contributed by atoms with Gasteiger partial charge in [-0.3, -0.25) is 9.63 Å². The lowest BCUT2D eigenvalue weighted by molar-refractivity contribution is -0.0757. The van der Waals surface area contributed by atoms with Gasteiger partial charge in [-0.05, 0) is 12.1 Å². The highest BCUT2D eigenvalue weighted by Crippen LogP contribution is 2.20. The SMILES string of the molecule is COc1cc(C(=O)N(C)OC)ccc1CO. The number of hydrogen-bond donors (Lipinski definition) is 1. The minimum absolute atomic E-state index is 0.127. The summed E-state index contributed by atoms with van der Waals surface area (Å²) in [5.41, 5.74) is 1.08. The highest BCUT2D eigenvalue weighted by atomic mass is 16.7. The van der Waals surface area contributed by atoms with E-state index in [1.165, 1.54) is 21.3 Å². The molecular formula is C11H15NO4. The van der Waals surface area contributed by atoms with Crippen LogP contribution < -0.4 is 4.74 Å². The lowest BCUT2D eigenvalue weighted by Gasteiger charge is -2.14. The Balaban J connectivity index is 3.03. The second kappa shape index (κ2) is 5.48. The maximum atomic E-state index is 11.7. The van der Waals surface area contributed by atoms with Crippen LogP contribution >= 0.6 is 0 Å². The van der Waals surface area contributed by atoms with E-state index in [1.807, 2.05) is 0 Å². The van der Waals surface area contributed by atoms with Crippen molar-refractivity contribution in [1.29, 1.82) is 0 Å². The van der Waals surface area contributed by atoms with Gasteiger partial charge in [-0.1, -0.05) is 6.07 Å². The Kier molecular flexibility index (Phi) is 4.28. The summed E-state index contributed by atoms with van der Waals surface area (Å²) in [6.07, 6.45) is 0. The number of aliphatic hydroxyl groups excluding tert-OH is 1. The van der Waals surface area contributed by atoms with Crippen LogP contribution in [0.4, 0.5) is 0 Å². The van der Waals surface area contributed by atoms with Gasteiger partial charge in [-0.15, -0.1) is 0 Å². The zero-order valence-electron chi connectivity index (χ0n) is 9.56. The van der Waals surface area contributed by atoms with Gasteiger partial charge in [0.15, 0.2) is 0 Å². The van der Waals surface area contributed by atoms with Crippen LogP contribution in [0.3, 0.4) is 0 Å². The van der Waals surface area contributed by atoms with E-state index in [4.69, 9.17) is 14.7 Å². The van der Waals surface area contributed by atoms with Gasteiger partial charge in [0.2, 0.25) is 0 Å². The Morgan fingerprint density at radius 3 is 2.62 bits per heavy atom. The molecule has 1 aromatic rings. The number of carbonyl (C=O) groups excluding carboxylic acids is 1. The summed E-state index contributed by atoms with van der Waals surface area (Å²) in [7, 11) is 4.43. The van der Waals surface area contributed by atoms with Crippen LogP contribution in [0.2, 0.25) is 0 Å². The summed E-state index contributed by atoms with van der Waals surface area (Å²) in [4.78, 5) is 16.5. The van der Waals surface area contributed by atoms with Crippen LogP contribution in [0.25, 0.3) is 0 Å². The minimum Gasteiger partial charge on any atom is -0.496 e. The van der Waals surface area contributed by atoms with Crippen molar-refractivity contribution in [3.8, 4) is 5.75 Å². The predicted octanol–water partition coefficient (Wildman–Crippen LogP) is 0.821. The molecule has 0 aliphatic rings. The first kappa shape index (κ1) is 12.5. The van der Waals surface area contributed by atoms with Crippen molar-refractivity contribution in [3.63, 3.8) is 0 Å². The lowest BCUT2D eigenvalue weighted by atomic mass is 10.1. The van der Waals surface area contributed by atoms with Crippen LogP contribution in [0, 0.1) is 0 Å². The summed E-state index contributed by atoms with van der Waals surface area (Å²) >= 11 is 0. The molecule has 0 spiro atoms. The maximum absolute atomic E-state index is 11.7. The van der Waals surface area contributed by atoms with E-state index in [-0.39, 0.29) is 12.5 Å². The van der Waals surface area contributed by atoms with Crippen LogP contribution in [0.5, 0.6) is 5.75 Å². The Morgan fingerprint density at radius 2 is 2.12 bits per heavy atom. The molecule has 5 heteroatoms. The number of amides is 1. The van der Waals surface area contributed by atoms with E-state index >= 15 is 0 Å². The Morgan fingerprint density at radius 1 is 1.44 bits per heavy atom. The Labute approximate surface area is 94.2 Å². The summed E-state index contributed by atoms with van der Waals surface area (Å²) in [5, 5.41) is 10.2. The van der Waals surface area contributed by atoms with E-state index in [0.29, 0.717) is 16.9 Å². The van der Waals surface area contributed by atoms with Crippen molar-refractivity contribution in [3.05, 3.63) is 29.3 Å². The third-order valence-corrected chi connectivity index (χ3v) is 2.26. The van der Waals surface area contributed by atoms with Gasteiger partial charge >= 0.3 is 0 Å². The highest BCUT2D eigenvalue weighted by Gasteiger charge is 2.13. The zero-order valence-corrected chi connectivity index (χ0v) is 9.56. The van der Waals surface area contributed by atoms with E-state index in [0.717, 1.165) is 5.06 Å². The second-order valence-electron chi connectivity index (χ2n) is 3.17. The molecule has 1 N–H and O–H groups in total. The first-order chi connectivity index (χ1) is 7.63. The molecule has 0 aliphatic heterocycles. The zero-order chi connectivity index (χ0) is 12.1. The quantitative estimate of drug-likeness (QED) is 0.771. The molecule has 0 aliphatic carbocycles. The molecule has 16 heavy (non-hydrogen) atoms. The normalized spacial score (nSPS) is 10.0. The molecule has 1 aromatic carbocycles. The number of methoxy groups -OCH3 is 1. The number of carbonyl (C=O) groups is 1. The van der Waals surface area contributed by atoms with Crippen LogP contribution in [0.1, 0.15) is 15.9 Å². The first-order valence-electron chi connectivity index (χ1n) is 4.74. The smallest absolute Gasteiger partial charge is 0.277 e. The third-order valence-electron chi connectivity index (χ3n) is 2.26. The van der Waals surface area contributed by atoms with Crippen LogP contribution in [0.15, 0.2) is 18.2 Å². The monoisotopic (exact) mass is 225 g/mol. The maximum Gasteiger partial charge on any atom is 0.277 e. The molecule has 0 saturated heterocycles. The van der Waals surface area contributed by atoms with Gasteiger partial charge in [-0.2, -0.15) is 0 Å². The van der Waals surface area contributed by atoms with Gasteiger partial charge in [0.05, 0.1) is 20.8 Å². The number of hydrogen-bond acceptors (Lipinski definition) is 4. The van der Waals surface area contributed by atoms with E-state index in [9.17, 15) is 4.79 Å². The Hall–Kier alpha value is -1.59. The third kappa shape index (κ3) is 2.50. The van der Waals surface area contributed by atoms with Crippen molar-refractivity contribution in [2.75, 3.05) is 21.3 Å². The number of hydroxylamine groups is 2. The fraction of sp³-hybridized carbons (Fsp3) is 0.364. The average molecular weight is 225 g/mol. The molecule has 0 bridgehead atoms. The van der Waals surface area contributed by atoms with Gasteiger partial charge in [-0.25, -0.2) is 5.06 Å². The molecule has 0 atom stereocenters. The number of rotatable bonds is 4. The van der Waals surface area contributed by atoms with Gasteiger partial charge in [0.25, 0.3) is 5.91 Å². The molecule has 0 heterocycles. The summed E-state index contributed by atoms with van der Waals surface area (Å²) < 4.78 is 5.07.